The van der Waals surface area contributed by atoms with Gasteiger partial charge in [-0.05, 0) is 70.2 Å². The summed E-state index contributed by atoms with van der Waals surface area (Å²) in [7, 11) is 6.63. The third-order valence-corrected chi connectivity index (χ3v) is 5.66. The highest BCUT2D eigenvalue weighted by molar-refractivity contribution is 9.10. The van der Waals surface area contributed by atoms with Crippen LogP contribution in [0.4, 0.5) is 0 Å². The summed E-state index contributed by atoms with van der Waals surface area (Å²) in [6, 6.07) is 8.37. The Labute approximate surface area is 162 Å². The van der Waals surface area contributed by atoms with Crippen LogP contribution in [0.1, 0.15) is 22.7 Å². The second-order valence-corrected chi connectivity index (χ2v) is 6.93. The molecule has 2 aromatic carbocycles. The lowest BCUT2D eigenvalue weighted by Gasteiger charge is -2.29. The fraction of sp³-hybridized carbons (Fsp3) is 0.400. The van der Waals surface area contributed by atoms with Crippen LogP contribution in [0, 0.1) is 0 Å². The molecule has 1 atom stereocenters. The molecule has 3 rings (SSSR count). The molecule has 0 aliphatic carbocycles. The highest BCUT2D eigenvalue weighted by atomic mass is 79.9. The van der Waals surface area contributed by atoms with Gasteiger partial charge in [0.25, 0.3) is 0 Å². The zero-order valence-electron chi connectivity index (χ0n) is 15.5. The SMILES string of the molecule is COc1cc2c(cc1OC)C(Cc1ccc(OC)c(OC)c1Br)NCC2. The Morgan fingerprint density at radius 3 is 2.31 bits per heavy atom. The van der Waals surface area contributed by atoms with Crippen LogP contribution in [0.15, 0.2) is 28.7 Å². The molecule has 0 aromatic heterocycles. The zero-order valence-corrected chi connectivity index (χ0v) is 17.1. The molecule has 1 aliphatic rings. The molecular weight excluding hydrogens is 398 g/mol. The molecule has 26 heavy (non-hydrogen) atoms. The molecule has 1 heterocycles. The number of hydrogen-bond acceptors (Lipinski definition) is 5. The summed E-state index contributed by atoms with van der Waals surface area (Å²) in [4.78, 5) is 0. The van der Waals surface area contributed by atoms with E-state index in [0.717, 1.165) is 40.9 Å². The van der Waals surface area contributed by atoms with E-state index >= 15 is 0 Å². The van der Waals surface area contributed by atoms with Crippen molar-refractivity contribution in [3.63, 3.8) is 0 Å². The van der Waals surface area contributed by atoms with Gasteiger partial charge >= 0.3 is 0 Å². The van der Waals surface area contributed by atoms with Crippen LogP contribution >= 0.6 is 15.9 Å². The zero-order chi connectivity index (χ0) is 18.7. The number of methoxy groups -OCH3 is 4. The van der Waals surface area contributed by atoms with Gasteiger partial charge in [0.1, 0.15) is 0 Å². The number of nitrogens with one attached hydrogen (secondary N) is 1. The van der Waals surface area contributed by atoms with Gasteiger partial charge in [-0.15, -0.1) is 0 Å². The second kappa shape index (κ2) is 8.18. The highest BCUT2D eigenvalue weighted by Gasteiger charge is 2.24. The lowest BCUT2D eigenvalue weighted by molar-refractivity contribution is 0.351. The molecule has 1 unspecified atom stereocenters. The molecule has 0 fully saturated rings. The molecule has 1 aliphatic heterocycles. The van der Waals surface area contributed by atoms with E-state index in [1.807, 2.05) is 6.07 Å². The average Bonchev–Trinajstić information content (AvgIpc) is 2.68. The van der Waals surface area contributed by atoms with Gasteiger partial charge in [-0.25, -0.2) is 0 Å². The lowest BCUT2D eigenvalue weighted by atomic mass is 9.89. The minimum Gasteiger partial charge on any atom is -0.493 e. The van der Waals surface area contributed by atoms with Crippen LogP contribution in [0.3, 0.4) is 0 Å². The highest BCUT2D eigenvalue weighted by Crippen LogP contribution is 2.41. The topological polar surface area (TPSA) is 49.0 Å². The van der Waals surface area contributed by atoms with Gasteiger partial charge < -0.3 is 24.3 Å². The van der Waals surface area contributed by atoms with E-state index in [1.165, 1.54) is 11.1 Å². The standard InChI is InChI=1S/C20H24BrNO4/c1-23-16-6-5-13(19(21)20(16)26-4)9-15-14-11-18(25-3)17(24-2)10-12(14)7-8-22-15/h5-6,10-11,15,22H,7-9H2,1-4H3. The molecule has 0 radical (unpaired) electrons. The summed E-state index contributed by atoms with van der Waals surface area (Å²) < 4.78 is 22.7. The number of rotatable bonds is 6. The van der Waals surface area contributed by atoms with Crippen LogP contribution in [-0.4, -0.2) is 35.0 Å². The maximum absolute atomic E-state index is 5.50. The third kappa shape index (κ3) is 3.48. The van der Waals surface area contributed by atoms with Gasteiger partial charge in [-0.2, -0.15) is 0 Å². The summed E-state index contributed by atoms with van der Waals surface area (Å²) in [6.07, 6.45) is 1.79. The molecule has 0 saturated carbocycles. The Bertz CT molecular complexity index is 794. The number of hydrogen-bond donors (Lipinski definition) is 1. The maximum Gasteiger partial charge on any atom is 0.175 e. The Balaban J connectivity index is 1.96. The maximum atomic E-state index is 5.50. The van der Waals surface area contributed by atoms with Crippen LogP contribution in [0.5, 0.6) is 23.0 Å². The van der Waals surface area contributed by atoms with E-state index in [4.69, 9.17) is 18.9 Å². The summed E-state index contributed by atoms with van der Waals surface area (Å²) in [5, 5.41) is 3.62. The summed E-state index contributed by atoms with van der Waals surface area (Å²) >= 11 is 3.67. The van der Waals surface area contributed by atoms with Gasteiger partial charge in [0.05, 0.1) is 32.9 Å². The Morgan fingerprint density at radius 1 is 0.962 bits per heavy atom. The Morgan fingerprint density at radius 2 is 1.65 bits per heavy atom. The molecule has 1 N–H and O–H groups in total. The summed E-state index contributed by atoms with van der Waals surface area (Å²) in [5.74, 6) is 2.96. The van der Waals surface area contributed by atoms with E-state index in [-0.39, 0.29) is 6.04 Å². The van der Waals surface area contributed by atoms with Crippen molar-refractivity contribution in [3.8, 4) is 23.0 Å². The first-order chi connectivity index (χ1) is 12.6. The van der Waals surface area contributed by atoms with Gasteiger partial charge in [-0.1, -0.05) is 6.07 Å². The van der Waals surface area contributed by atoms with Crippen LogP contribution in [0.2, 0.25) is 0 Å². The van der Waals surface area contributed by atoms with Crippen molar-refractivity contribution in [1.82, 2.24) is 5.32 Å². The van der Waals surface area contributed by atoms with Gasteiger partial charge in [-0.3, -0.25) is 0 Å². The minimum absolute atomic E-state index is 0.188. The monoisotopic (exact) mass is 421 g/mol. The van der Waals surface area contributed by atoms with E-state index in [2.05, 4.69) is 39.4 Å². The number of benzene rings is 2. The molecule has 6 heteroatoms. The molecule has 5 nitrogen and oxygen atoms in total. The predicted molar refractivity (Wildman–Crippen MR) is 105 cm³/mol. The summed E-state index contributed by atoms with van der Waals surface area (Å²) in [5.41, 5.74) is 3.70. The van der Waals surface area contributed by atoms with Crippen molar-refractivity contribution < 1.29 is 18.9 Å². The van der Waals surface area contributed by atoms with Crippen molar-refractivity contribution in [1.29, 1.82) is 0 Å². The van der Waals surface area contributed by atoms with Crippen molar-refractivity contribution in [3.05, 3.63) is 45.4 Å². The van der Waals surface area contributed by atoms with Crippen LogP contribution in [0.25, 0.3) is 0 Å². The van der Waals surface area contributed by atoms with Crippen molar-refractivity contribution >= 4 is 15.9 Å². The fourth-order valence-electron chi connectivity index (χ4n) is 3.46. The predicted octanol–water partition coefficient (Wildman–Crippen LogP) is 3.91. The molecule has 140 valence electrons. The van der Waals surface area contributed by atoms with Crippen LogP contribution in [-0.2, 0) is 12.8 Å². The number of fused-ring (bicyclic) bond motifs is 1. The molecule has 0 amide bonds. The molecular formula is C20H24BrNO4. The Kier molecular flexibility index (Phi) is 5.94. The molecule has 2 aromatic rings. The third-order valence-electron chi connectivity index (χ3n) is 4.79. The van der Waals surface area contributed by atoms with E-state index in [1.54, 1.807) is 28.4 Å². The van der Waals surface area contributed by atoms with Crippen molar-refractivity contribution in [2.75, 3.05) is 35.0 Å². The number of ether oxygens (including phenoxy) is 4. The Hall–Kier alpha value is -1.92. The number of halogens is 1. The smallest absolute Gasteiger partial charge is 0.175 e. The fourth-order valence-corrected chi connectivity index (χ4v) is 4.11. The largest absolute Gasteiger partial charge is 0.493 e. The van der Waals surface area contributed by atoms with E-state index < -0.39 is 0 Å². The van der Waals surface area contributed by atoms with Crippen LogP contribution < -0.4 is 24.3 Å². The molecule has 0 spiro atoms. The first kappa shape index (κ1) is 18.9. The first-order valence-corrected chi connectivity index (χ1v) is 9.29. The normalized spacial score (nSPS) is 16.0. The first-order valence-electron chi connectivity index (χ1n) is 8.50. The molecule has 0 bridgehead atoms. The minimum atomic E-state index is 0.188. The lowest BCUT2D eigenvalue weighted by Crippen LogP contribution is -2.31. The van der Waals surface area contributed by atoms with Gasteiger partial charge in [0.2, 0.25) is 0 Å². The van der Waals surface area contributed by atoms with E-state index in [9.17, 15) is 0 Å². The van der Waals surface area contributed by atoms with E-state index in [0.29, 0.717) is 11.5 Å². The average molecular weight is 422 g/mol. The molecule has 0 saturated heterocycles. The van der Waals surface area contributed by atoms with Crippen molar-refractivity contribution in [2.24, 2.45) is 0 Å². The van der Waals surface area contributed by atoms with Gasteiger partial charge in [0.15, 0.2) is 23.0 Å². The quantitative estimate of drug-likeness (QED) is 0.765. The van der Waals surface area contributed by atoms with Gasteiger partial charge in [0, 0.05) is 6.04 Å². The van der Waals surface area contributed by atoms with Crippen molar-refractivity contribution in [2.45, 2.75) is 18.9 Å². The second-order valence-electron chi connectivity index (χ2n) is 6.14. The summed E-state index contributed by atoms with van der Waals surface area (Å²) in [6.45, 7) is 0.929.